The lowest BCUT2D eigenvalue weighted by Crippen LogP contribution is -2.25. The fourth-order valence-corrected chi connectivity index (χ4v) is 4.35. The van der Waals surface area contributed by atoms with Gasteiger partial charge in [-0.05, 0) is 53.9 Å². The van der Waals surface area contributed by atoms with Crippen molar-refractivity contribution in [3.8, 4) is 5.75 Å². The standard InChI is InChI=1S/C23H24N4O3S/c1-3-17-8-12-20(13-9-17)31(28,29)25-15-22-26-21-5-4-14-24-23(21)27(22)16-18-6-10-19(30-2)11-7-18/h4-14,25H,3,15-16H2,1-2H3. The summed E-state index contributed by atoms with van der Waals surface area (Å²) in [5, 5.41) is 0. The molecule has 160 valence electrons. The Bertz CT molecular complexity index is 1280. The first kappa shape index (κ1) is 21.0. The van der Waals surface area contributed by atoms with Gasteiger partial charge in [0.15, 0.2) is 5.65 Å². The van der Waals surface area contributed by atoms with E-state index in [1.807, 2.05) is 60.0 Å². The Balaban J connectivity index is 1.61. The van der Waals surface area contributed by atoms with Crippen molar-refractivity contribution in [2.75, 3.05) is 7.11 Å². The summed E-state index contributed by atoms with van der Waals surface area (Å²) in [6, 6.07) is 18.3. The molecule has 2 aromatic heterocycles. The van der Waals surface area contributed by atoms with E-state index >= 15 is 0 Å². The number of methoxy groups -OCH3 is 1. The molecule has 7 nitrogen and oxygen atoms in total. The monoisotopic (exact) mass is 436 g/mol. The molecule has 31 heavy (non-hydrogen) atoms. The maximum absolute atomic E-state index is 12.8. The molecule has 0 amide bonds. The number of rotatable bonds is 8. The molecule has 0 fully saturated rings. The molecule has 0 unspecified atom stereocenters. The van der Waals surface area contributed by atoms with Gasteiger partial charge >= 0.3 is 0 Å². The minimum absolute atomic E-state index is 0.0599. The minimum atomic E-state index is -3.66. The number of fused-ring (bicyclic) bond motifs is 1. The van der Waals surface area contributed by atoms with Gasteiger partial charge in [0.1, 0.15) is 17.1 Å². The number of hydrogen-bond acceptors (Lipinski definition) is 5. The molecule has 4 rings (SSSR count). The first-order chi connectivity index (χ1) is 15.0. The van der Waals surface area contributed by atoms with Crippen molar-refractivity contribution in [1.29, 1.82) is 0 Å². The molecular weight excluding hydrogens is 412 g/mol. The van der Waals surface area contributed by atoms with E-state index in [1.54, 1.807) is 25.4 Å². The van der Waals surface area contributed by atoms with Crippen molar-refractivity contribution >= 4 is 21.2 Å². The predicted molar refractivity (Wildman–Crippen MR) is 119 cm³/mol. The fourth-order valence-electron chi connectivity index (χ4n) is 3.37. The topological polar surface area (TPSA) is 86.1 Å². The summed E-state index contributed by atoms with van der Waals surface area (Å²) in [4.78, 5) is 9.30. The summed E-state index contributed by atoms with van der Waals surface area (Å²) in [5.74, 6) is 1.37. The summed E-state index contributed by atoms with van der Waals surface area (Å²) < 4.78 is 35.4. The SMILES string of the molecule is CCc1ccc(S(=O)(=O)NCc2nc3cccnc3n2Cc2ccc(OC)cc2)cc1. The van der Waals surface area contributed by atoms with Crippen LogP contribution in [0.5, 0.6) is 5.75 Å². The Morgan fingerprint density at radius 2 is 1.71 bits per heavy atom. The van der Waals surface area contributed by atoms with E-state index in [4.69, 9.17) is 4.74 Å². The molecule has 2 aromatic carbocycles. The maximum atomic E-state index is 12.8. The van der Waals surface area contributed by atoms with Crippen LogP contribution in [0.25, 0.3) is 11.2 Å². The van der Waals surface area contributed by atoms with Crippen molar-refractivity contribution in [2.45, 2.75) is 31.3 Å². The highest BCUT2D eigenvalue weighted by molar-refractivity contribution is 7.89. The van der Waals surface area contributed by atoms with Crippen LogP contribution < -0.4 is 9.46 Å². The van der Waals surface area contributed by atoms with E-state index in [-0.39, 0.29) is 11.4 Å². The van der Waals surface area contributed by atoms with Crippen LogP contribution in [0.1, 0.15) is 23.9 Å². The van der Waals surface area contributed by atoms with Gasteiger partial charge in [0.25, 0.3) is 0 Å². The predicted octanol–water partition coefficient (Wildman–Crippen LogP) is 3.53. The van der Waals surface area contributed by atoms with E-state index in [0.29, 0.717) is 18.0 Å². The van der Waals surface area contributed by atoms with Gasteiger partial charge in [-0.3, -0.25) is 0 Å². The van der Waals surface area contributed by atoms with Crippen molar-refractivity contribution in [3.05, 3.63) is 83.8 Å². The highest BCUT2D eigenvalue weighted by atomic mass is 32.2. The van der Waals surface area contributed by atoms with Gasteiger partial charge in [-0.1, -0.05) is 31.2 Å². The number of benzene rings is 2. The second kappa shape index (κ2) is 8.87. The zero-order valence-corrected chi connectivity index (χ0v) is 18.3. The molecule has 0 bridgehead atoms. The smallest absolute Gasteiger partial charge is 0.240 e. The zero-order chi connectivity index (χ0) is 21.8. The van der Waals surface area contributed by atoms with Gasteiger partial charge in [0.05, 0.1) is 25.1 Å². The Morgan fingerprint density at radius 3 is 2.39 bits per heavy atom. The van der Waals surface area contributed by atoms with E-state index < -0.39 is 10.0 Å². The molecule has 0 atom stereocenters. The van der Waals surface area contributed by atoms with E-state index in [9.17, 15) is 8.42 Å². The van der Waals surface area contributed by atoms with Crippen LogP contribution in [-0.2, 0) is 29.5 Å². The largest absolute Gasteiger partial charge is 0.497 e. The molecule has 0 saturated heterocycles. The molecule has 1 N–H and O–H groups in total. The van der Waals surface area contributed by atoms with E-state index in [2.05, 4.69) is 14.7 Å². The van der Waals surface area contributed by atoms with Gasteiger partial charge in [0, 0.05) is 6.20 Å². The summed E-state index contributed by atoms with van der Waals surface area (Å²) in [6.07, 6.45) is 2.56. The van der Waals surface area contributed by atoms with Crippen LogP contribution >= 0.6 is 0 Å². The molecule has 4 aromatic rings. The fraction of sp³-hybridized carbons (Fsp3) is 0.217. The third-order valence-electron chi connectivity index (χ3n) is 5.14. The average Bonchev–Trinajstić information content (AvgIpc) is 3.16. The summed E-state index contributed by atoms with van der Waals surface area (Å²) in [5.41, 5.74) is 3.55. The number of nitrogens with zero attached hydrogens (tertiary/aromatic N) is 3. The second-order valence-electron chi connectivity index (χ2n) is 7.13. The molecule has 0 aliphatic carbocycles. The number of nitrogens with one attached hydrogen (secondary N) is 1. The Kier molecular flexibility index (Phi) is 6.01. The van der Waals surface area contributed by atoms with Crippen molar-refractivity contribution in [2.24, 2.45) is 0 Å². The summed E-state index contributed by atoms with van der Waals surface area (Å²) in [6.45, 7) is 2.60. The molecule has 0 aliphatic rings. The highest BCUT2D eigenvalue weighted by Gasteiger charge is 2.17. The maximum Gasteiger partial charge on any atom is 0.240 e. The van der Waals surface area contributed by atoms with Gasteiger partial charge in [-0.25, -0.2) is 23.1 Å². The summed E-state index contributed by atoms with van der Waals surface area (Å²) >= 11 is 0. The Labute approximate surface area is 181 Å². The van der Waals surface area contributed by atoms with Crippen molar-refractivity contribution in [3.63, 3.8) is 0 Å². The Morgan fingerprint density at radius 1 is 1.00 bits per heavy atom. The number of pyridine rings is 1. The lowest BCUT2D eigenvalue weighted by atomic mass is 10.2. The molecule has 0 spiro atoms. The van der Waals surface area contributed by atoms with Crippen molar-refractivity contribution in [1.82, 2.24) is 19.3 Å². The van der Waals surface area contributed by atoms with E-state index in [0.717, 1.165) is 28.8 Å². The quantitative estimate of drug-likeness (QED) is 0.457. The van der Waals surface area contributed by atoms with Crippen molar-refractivity contribution < 1.29 is 13.2 Å². The normalized spacial score (nSPS) is 11.7. The number of ether oxygens (including phenoxy) is 1. The minimum Gasteiger partial charge on any atom is -0.497 e. The Hall–Kier alpha value is -3.23. The first-order valence-electron chi connectivity index (χ1n) is 10.0. The average molecular weight is 437 g/mol. The van der Waals surface area contributed by atoms with Gasteiger partial charge in [-0.15, -0.1) is 0 Å². The van der Waals surface area contributed by atoms with Crippen LogP contribution in [0.3, 0.4) is 0 Å². The lowest BCUT2D eigenvalue weighted by molar-refractivity contribution is 0.414. The molecular formula is C23H24N4O3S. The van der Waals surface area contributed by atoms with Crippen LogP contribution in [0.15, 0.2) is 71.8 Å². The third kappa shape index (κ3) is 4.60. The number of sulfonamides is 1. The number of imidazole rings is 1. The molecule has 2 heterocycles. The van der Waals surface area contributed by atoms with Gasteiger partial charge < -0.3 is 9.30 Å². The van der Waals surface area contributed by atoms with Crippen LogP contribution in [0.4, 0.5) is 0 Å². The van der Waals surface area contributed by atoms with Crippen LogP contribution in [-0.4, -0.2) is 30.1 Å². The van der Waals surface area contributed by atoms with Crippen LogP contribution in [0.2, 0.25) is 0 Å². The first-order valence-corrected chi connectivity index (χ1v) is 11.5. The van der Waals surface area contributed by atoms with Gasteiger partial charge in [0.2, 0.25) is 10.0 Å². The van der Waals surface area contributed by atoms with Crippen LogP contribution in [0, 0.1) is 0 Å². The number of hydrogen-bond donors (Lipinski definition) is 1. The zero-order valence-electron chi connectivity index (χ0n) is 17.4. The summed E-state index contributed by atoms with van der Waals surface area (Å²) in [7, 11) is -2.03. The molecule has 0 saturated carbocycles. The highest BCUT2D eigenvalue weighted by Crippen LogP contribution is 2.19. The molecule has 8 heteroatoms. The molecule has 0 radical (unpaired) electrons. The van der Waals surface area contributed by atoms with E-state index in [1.165, 1.54) is 0 Å². The second-order valence-corrected chi connectivity index (χ2v) is 8.90. The third-order valence-corrected chi connectivity index (χ3v) is 6.56. The van der Waals surface area contributed by atoms with Gasteiger partial charge in [-0.2, -0.15) is 0 Å². The molecule has 0 aliphatic heterocycles. The number of aryl methyl sites for hydroxylation is 1. The lowest BCUT2D eigenvalue weighted by Gasteiger charge is -2.11. The number of aromatic nitrogens is 3.